The highest BCUT2D eigenvalue weighted by atomic mass is 32.2. The molecule has 0 atom stereocenters. The van der Waals surface area contributed by atoms with Crippen molar-refractivity contribution in [3.8, 4) is 0 Å². The molecule has 1 saturated heterocycles. The van der Waals surface area contributed by atoms with Crippen LogP contribution in [0.25, 0.3) is 0 Å². The van der Waals surface area contributed by atoms with E-state index in [9.17, 15) is 13.2 Å². The predicted octanol–water partition coefficient (Wildman–Crippen LogP) is -0.648. The molecule has 19 heavy (non-hydrogen) atoms. The summed E-state index contributed by atoms with van der Waals surface area (Å²) >= 11 is 0. The maximum Gasteiger partial charge on any atom is 0.340 e. The molecule has 0 aromatic carbocycles. The minimum absolute atomic E-state index is 0.236. The number of carboxylic acids is 1. The van der Waals surface area contributed by atoms with Crippen LogP contribution in [0.4, 0.5) is 0 Å². The molecule has 9 heteroatoms. The van der Waals surface area contributed by atoms with E-state index in [1.54, 1.807) is 0 Å². The summed E-state index contributed by atoms with van der Waals surface area (Å²) in [4.78, 5) is 13.1. The third kappa shape index (κ3) is 2.48. The molecule has 1 aromatic heterocycles. The quantitative estimate of drug-likeness (QED) is 0.765. The molecule has 0 saturated carbocycles. The molecular weight excluding hydrogens is 272 g/mol. The molecule has 0 spiro atoms. The number of carbonyl (C=O) groups is 1. The predicted molar refractivity (Wildman–Crippen MR) is 66.5 cm³/mol. The topological polar surface area (TPSA) is 107 Å². The van der Waals surface area contributed by atoms with Crippen LogP contribution in [-0.2, 0) is 10.0 Å². The van der Waals surface area contributed by atoms with Gasteiger partial charge in [0.25, 0.3) is 10.0 Å². The summed E-state index contributed by atoms with van der Waals surface area (Å²) in [5.74, 6) is -1.29. The standard InChI is InChI=1S/C10H16N4O4S/c1-7-8(10(15)16)9(12-11-7)19(17,18)14-5-3-13(2)4-6-14/h3-6H2,1-2H3,(H,11,12)(H,15,16). The molecular formula is C10H16N4O4S. The molecule has 0 radical (unpaired) electrons. The summed E-state index contributed by atoms with van der Waals surface area (Å²) in [6.45, 7) is 3.39. The second-order valence-corrected chi connectivity index (χ2v) is 6.39. The number of nitrogens with zero attached hydrogens (tertiary/aromatic N) is 3. The minimum atomic E-state index is -3.86. The molecule has 0 amide bonds. The van der Waals surface area contributed by atoms with Gasteiger partial charge in [0, 0.05) is 31.9 Å². The molecule has 106 valence electrons. The van der Waals surface area contributed by atoms with Gasteiger partial charge in [-0.1, -0.05) is 0 Å². The van der Waals surface area contributed by atoms with Crippen molar-refractivity contribution in [2.75, 3.05) is 33.2 Å². The first-order chi connectivity index (χ1) is 8.84. The number of likely N-dealkylation sites (N-methyl/N-ethyl adjacent to an activating group) is 1. The molecule has 0 aliphatic carbocycles. The molecule has 1 fully saturated rings. The largest absolute Gasteiger partial charge is 0.478 e. The number of hydrogen-bond acceptors (Lipinski definition) is 5. The van der Waals surface area contributed by atoms with E-state index < -0.39 is 21.0 Å². The van der Waals surface area contributed by atoms with Gasteiger partial charge in [-0.15, -0.1) is 0 Å². The summed E-state index contributed by atoms with van der Waals surface area (Å²) in [5, 5.41) is 14.8. The number of hydrogen-bond donors (Lipinski definition) is 2. The van der Waals surface area contributed by atoms with Gasteiger partial charge < -0.3 is 10.0 Å². The Labute approximate surface area is 111 Å². The van der Waals surface area contributed by atoms with Gasteiger partial charge in [-0.05, 0) is 14.0 Å². The molecule has 0 unspecified atom stereocenters. The Balaban J connectivity index is 2.38. The number of H-pyrrole nitrogens is 1. The van der Waals surface area contributed by atoms with Crippen LogP contribution in [0.2, 0.25) is 0 Å². The summed E-state index contributed by atoms with van der Waals surface area (Å²) in [6.07, 6.45) is 0. The van der Waals surface area contributed by atoms with Crippen LogP contribution in [0.1, 0.15) is 16.1 Å². The van der Waals surface area contributed by atoms with Crippen LogP contribution >= 0.6 is 0 Å². The van der Waals surface area contributed by atoms with Crippen LogP contribution < -0.4 is 0 Å². The molecule has 2 N–H and O–H groups in total. The van der Waals surface area contributed by atoms with Crippen LogP contribution in [0.5, 0.6) is 0 Å². The molecule has 1 aromatic rings. The molecule has 1 aliphatic rings. The van der Waals surface area contributed by atoms with Gasteiger partial charge >= 0.3 is 5.97 Å². The number of carboxylic acid groups (broad SMARTS) is 1. The fourth-order valence-electron chi connectivity index (χ4n) is 2.00. The van der Waals surface area contributed by atoms with Crippen molar-refractivity contribution in [2.24, 2.45) is 0 Å². The van der Waals surface area contributed by atoms with Crippen LogP contribution in [0.15, 0.2) is 5.03 Å². The number of aromatic nitrogens is 2. The smallest absolute Gasteiger partial charge is 0.340 e. The van der Waals surface area contributed by atoms with Gasteiger partial charge in [0.15, 0.2) is 0 Å². The number of aromatic amines is 1. The zero-order valence-corrected chi connectivity index (χ0v) is 11.6. The van der Waals surface area contributed by atoms with Gasteiger partial charge in [-0.2, -0.15) is 9.40 Å². The average molecular weight is 288 g/mol. The van der Waals surface area contributed by atoms with E-state index in [0.717, 1.165) is 0 Å². The lowest BCUT2D eigenvalue weighted by Crippen LogP contribution is -2.47. The normalized spacial score (nSPS) is 18.6. The van der Waals surface area contributed by atoms with Gasteiger partial charge in [0.2, 0.25) is 5.03 Å². The van der Waals surface area contributed by atoms with Gasteiger partial charge in [-0.3, -0.25) is 5.10 Å². The maximum atomic E-state index is 12.4. The van der Waals surface area contributed by atoms with E-state index in [1.165, 1.54) is 11.2 Å². The van der Waals surface area contributed by atoms with E-state index in [4.69, 9.17) is 5.11 Å². The highest BCUT2D eigenvalue weighted by Gasteiger charge is 2.34. The second-order valence-electron chi connectivity index (χ2n) is 4.54. The van der Waals surface area contributed by atoms with E-state index in [1.807, 2.05) is 11.9 Å². The van der Waals surface area contributed by atoms with Crippen molar-refractivity contribution in [3.05, 3.63) is 11.3 Å². The Morgan fingerprint density at radius 2 is 1.89 bits per heavy atom. The fourth-order valence-corrected chi connectivity index (χ4v) is 3.54. The number of sulfonamides is 1. The van der Waals surface area contributed by atoms with E-state index in [0.29, 0.717) is 26.2 Å². The summed E-state index contributed by atoms with van der Waals surface area (Å²) in [7, 11) is -1.95. The highest BCUT2D eigenvalue weighted by Crippen LogP contribution is 2.21. The Morgan fingerprint density at radius 3 is 2.42 bits per heavy atom. The molecule has 0 bridgehead atoms. The molecule has 1 aliphatic heterocycles. The zero-order chi connectivity index (χ0) is 14.2. The SMILES string of the molecule is Cc1[nH]nc(S(=O)(=O)N2CCN(C)CC2)c1C(=O)O. The van der Waals surface area contributed by atoms with Crippen LogP contribution in [-0.4, -0.2) is 72.1 Å². The molecule has 8 nitrogen and oxygen atoms in total. The number of aryl methyl sites for hydroxylation is 1. The Bertz CT molecular complexity index is 587. The average Bonchev–Trinajstić information content (AvgIpc) is 2.72. The van der Waals surface area contributed by atoms with Crippen molar-refractivity contribution in [1.82, 2.24) is 19.4 Å². The Kier molecular flexibility index (Phi) is 3.61. The lowest BCUT2D eigenvalue weighted by molar-refractivity contribution is 0.0691. The van der Waals surface area contributed by atoms with Crippen molar-refractivity contribution < 1.29 is 18.3 Å². The van der Waals surface area contributed by atoms with Crippen molar-refractivity contribution >= 4 is 16.0 Å². The maximum absolute atomic E-state index is 12.4. The lowest BCUT2D eigenvalue weighted by Gasteiger charge is -2.31. The van der Waals surface area contributed by atoms with E-state index >= 15 is 0 Å². The Morgan fingerprint density at radius 1 is 1.32 bits per heavy atom. The summed E-state index contributed by atoms with van der Waals surface area (Å²) < 4.78 is 26.1. The minimum Gasteiger partial charge on any atom is -0.478 e. The first-order valence-corrected chi connectivity index (χ1v) is 7.25. The van der Waals surface area contributed by atoms with Gasteiger partial charge in [0.1, 0.15) is 5.56 Å². The monoisotopic (exact) mass is 288 g/mol. The van der Waals surface area contributed by atoms with E-state index in [-0.39, 0.29) is 11.3 Å². The van der Waals surface area contributed by atoms with Crippen LogP contribution in [0, 0.1) is 6.92 Å². The Hall–Kier alpha value is -1.45. The van der Waals surface area contributed by atoms with E-state index in [2.05, 4.69) is 10.2 Å². The number of rotatable bonds is 3. The summed E-state index contributed by atoms with van der Waals surface area (Å²) in [6, 6.07) is 0. The van der Waals surface area contributed by atoms with Crippen LogP contribution in [0.3, 0.4) is 0 Å². The zero-order valence-electron chi connectivity index (χ0n) is 10.8. The van der Waals surface area contributed by atoms with Crippen molar-refractivity contribution in [1.29, 1.82) is 0 Å². The van der Waals surface area contributed by atoms with Crippen molar-refractivity contribution in [2.45, 2.75) is 11.9 Å². The van der Waals surface area contributed by atoms with Crippen molar-refractivity contribution in [3.63, 3.8) is 0 Å². The van der Waals surface area contributed by atoms with Gasteiger partial charge in [0.05, 0.1) is 0 Å². The highest BCUT2D eigenvalue weighted by molar-refractivity contribution is 7.89. The summed E-state index contributed by atoms with van der Waals surface area (Å²) in [5.41, 5.74) is -0.0425. The number of aromatic carboxylic acids is 1. The third-order valence-corrected chi connectivity index (χ3v) is 5.00. The fraction of sp³-hybridized carbons (Fsp3) is 0.600. The molecule has 2 heterocycles. The first kappa shape index (κ1) is 14.0. The number of nitrogens with one attached hydrogen (secondary N) is 1. The number of piperazine rings is 1. The third-order valence-electron chi connectivity index (χ3n) is 3.17. The van der Waals surface area contributed by atoms with Gasteiger partial charge in [-0.25, -0.2) is 13.2 Å². The molecule has 2 rings (SSSR count). The lowest BCUT2D eigenvalue weighted by atomic mass is 10.3. The second kappa shape index (κ2) is 4.91. The first-order valence-electron chi connectivity index (χ1n) is 5.81.